The summed E-state index contributed by atoms with van der Waals surface area (Å²) in [6, 6.07) is 0. The largest absolute Gasteiger partial charge is 0.448 e. The Balaban J connectivity index is 5.30. The summed E-state index contributed by atoms with van der Waals surface area (Å²) in [6.07, 6.45) is 6.25. The number of rotatable bonds is 21. The summed E-state index contributed by atoms with van der Waals surface area (Å²) in [5.74, 6) is -2.74. The molecular formula is C24H46N4O6. The predicted molar refractivity (Wildman–Crippen MR) is 131 cm³/mol. The van der Waals surface area contributed by atoms with E-state index in [-0.39, 0.29) is 39.0 Å². The molecule has 2 amide bonds. The number of esters is 2. The Hall–Kier alpha value is -2.20. The second-order valence-corrected chi connectivity index (χ2v) is 8.31. The lowest BCUT2D eigenvalue weighted by Gasteiger charge is -2.25. The van der Waals surface area contributed by atoms with Crippen molar-refractivity contribution in [2.24, 2.45) is 11.5 Å². The number of hydrogen-bond acceptors (Lipinski definition) is 8. The molecule has 0 aliphatic carbocycles. The average molecular weight is 487 g/mol. The summed E-state index contributed by atoms with van der Waals surface area (Å²) in [6.45, 7) is 4.75. The molecule has 10 nitrogen and oxygen atoms in total. The van der Waals surface area contributed by atoms with Gasteiger partial charge in [-0.25, -0.2) is 0 Å². The predicted octanol–water partition coefficient (Wildman–Crippen LogP) is 1.68. The monoisotopic (exact) mass is 486 g/mol. The van der Waals surface area contributed by atoms with Crippen LogP contribution < -0.4 is 22.1 Å². The van der Waals surface area contributed by atoms with Gasteiger partial charge < -0.3 is 31.6 Å². The highest BCUT2D eigenvalue weighted by atomic mass is 16.6. The van der Waals surface area contributed by atoms with Crippen molar-refractivity contribution < 1.29 is 28.7 Å². The van der Waals surface area contributed by atoms with E-state index in [4.69, 9.17) is 20.9 Å². The molecule has 0 aliphatic heterocycles. The first-order chi connectivity index (χ1) is 16.4. The van der Waals surface area contributed by atoms with E-state index in [1.165, 1.54) is 0 Å². The molecule has 0 fully saturated rings. The SMILES string of the molecule is CCCCCCCC(=O)OC(C(=O)NCCN)C(OC(=O)CCCCCCC)C(=O)NCCN. The molecular weight excluding hydrogens is 440 g/mol. The topological polar surface area (TPSA) is 163 Å². The molecule has 0 rings (SSSR count). The molecule has 0 aromatic rings. The average Bonchev–Trinajstić information content (AvgIpc) is 2.82. The maximum Gasteiger partial charge on any atom is 0.306 e. The van der Waals surface area contributed by atoms with E-state index in [9.17, 15) is 19.2 Å². The first-order valence-corrected chi connectivity index (χ1v) is 12.8. The minimum atomic E-state index is -1.61. The molecule has 0 radical (unpaired) electrons. The number of amides is 2. The highest BCUT2D eigenvalue weighted by Gasteiger charge is 2.39. The number of nitrogens with one attached hydrogen (secondary N) is 2. The summed E-state index contributed by atoms with van der Waals surface area (Å²) in [5, 5.41) is 5.03. The third-order valence-electron chi connectivity index (χ3n) is 5.16. The lowest BCUT2D eigenvalue weighted by Crippen LogP contribution is -2.54. The van der Waals surface area contributed by atoms with Gasteiger partial charge in [-0.3, -0.25) is 19.2 Å². The number of ether oxygens (including phenoxy) is 2. The van der Waals surface area contributed by atoms with Crippen LogP contribution >= 0.6 is 0 Å². The van der Waals surface area contributed by atoms with Crippen molar-refractivity contribution in [1.82, 2.24) is 10.6 Å². The maximum atomic E-state index is 12.7. The lowest BCUT2D eigenvalue weighted by atomic mass is 10.1. The standard InChI is InChI=1S/C24H46N4O6/c1-3-5-7-9-11-13-19(29)33-21(23(31)27-17-15-25)22(24(32)28-18-16-26)34-20(30)14-12-10-8-6-4-2/h21-22H,3-18,25-26H2,1-2H3,(H,27,31)(H,28,32). The Labute approximate surface area is 204 Å². The van der Waals surface area contributed by atoms with Crippen LogP contribution in [0.25, 0.3) is 0 Å². The first-order valence-electron chi connectivity index (χ1n) is 12.8. The zero-order chi connectivity index (χ0) is 25.6. The Bertz CT molecular complexity index is 538. The number of unbranched alkanes of at least 4 members (excludes halogenated alkanes) is 8. The smallest absolute Gasteiger partial charge is 0.306 e. The minimum absolute atomic E-state index is 0.104. The summed E-state index contributed by atoms with van der Waals surface area (Å²) >= 11 is 0. The van der Waals surface area contributed by atoms with Gasteiger partial charge in [0.05, 0.1) is 0 Å². The number of carbonyl (C=O) groups is 4. The molecule has 34 heavy (non-hydrogen) atoms. The van der Waals surface area contributed by atoms with Crippen LogP contribution in [0.1, 0.15) is 90.9 Å². The summed E-state index contributed by atoms with van der Waals surface area (Å²) in [4.78, 5) is 50.4. The van der Waals surface area contributed by atoms with Crippen LogP contribution in [0.15, 0.2) is 0 Å². The van der Waals surface area contributed by atoms with E-state index in [1.54, 1.807) is 0 Å². The Morgan fingerprint density at radius 1 is 0.618 bits per heavy atom. The molecule has 0 saturated heterocycles. The quantitative estimate of drug-likeness (QED) is 0.141. The van der Waals surface area contributed by atoms with E-state index < -0.39 is 36.0 Å². The number of hydrogen-bond donors (Lipinski definition) is 4. The van der Waals surface area contributed by atoms with Crippen LogP contribution in [0.3, 0.4) is 0 Å². The van der Waals surface area contributed by atoms with Crippen molar-refractivity contribution >= 4 is 23.8 Å². The van der Waals surface area contributed by atoms with Gasteiger partial charge in [-0.2, -0.15) is 0 Å². The van der Waals surface area contributed by atoms with E-state index >= 15 is 0 Å². The fraction of sp³-hybridized carbons (Fsp3) is 0.833. The second-order valence-electron chi connectivity index (χ2n) is 8.31. The third kappa shape index (κ3) is 15.6. The van der Waals surface area contributed by atoms with Gasteiger partial charge in [0.15, 0.2) is 0 Å². The zero-order valence-corrected chi connectivity index (χ0v) is 21.1. The molecule has 10 heteroatoms. The molecule has 0 bridgehead atoms. The van der Waals surface area contributed by atoms with Crippen LogP contribution in [0.4, 0.5) is 0 Å². The van der Waals surface area contributed by atoms with Crippen molar-refractivity contribution in [3.8, 4) is 0 Å². The van der Waals surface area contributed by atoms with Gasteiger partial charge in [0.25, 0.3) is 11.8 Å². The van der Waals surface area contributed by atoms with Gasteiger partial charge >= 0.3 is 11.9 Å². The molecule has 0 heterocycles. The molecule has 2 unspecified atom stereocenters. The fourth-order valence-electron chi connectivity index (χ4n) is 3.24. The highest BCUT2D eigenvalue weighted by Crippen LogP contribution is 2.13. The van der Waals surface area contributed by atoms with Crippen molar-refractivity contribution in [3.63, 3.8) is 0 Å². The summed E-state index contributed by atoms with van der Waals surface area (Å²) in [5.41, 5.74) is 10.9. The highest BCUT2D eigenvalue weighted by molar-refractivity contribution is 5.93. The zero-order valence-electron chi connectivity index (χ0n) is 21.1. The van der Waals surface area contributed by atoms with E-state index in [2.05, 4.69) is 24.5 Å². The van der Waals surface area contributed by atoms with Crippen LogP contribution in [-0.4, -0.2) is 62.1 Å². The number of nitrogens with two attached hydrogens (primary N) is 2. The second kappa shape index (κ2) is 21.3. The Kier molecular flexibility index (Phi) is 20.0. The van der Waals surface area contributed by atoms with Crippen molar-refractivity contribution in [2.45, 2.75) is 103 Å². The molecule has 0 aromatic heterocycles. The molecule has 0 spiro atoms. The molecule has 0 saturated carbocycles. The van der Waals surface area contributed by atoms with Gasteiger partial charge in [0.2, 0.25) is 12.2 Å². The fourth-order valence-corrected chi connectivity index (χ4v) is 3.24. The normalized spacial score (nSPS) is 12.5. The van der Waals surface area contributed by atoms with Gasteiger partial charge in [0.1, 0.15) is 0 Å². The van der Waals surface area contributed by atoms with Gasteiger partial charge in [0, 0.05) is 39.0 Å². The summed E-state index contributed by atoms with van der Waals surface area (Å²) < 4.78 is 10.8. The molecule has 6 N–H and O–H groups in total. The molecule has 0 aliphatic rings. The first kappa shape index (κ1) is 31.8. The Morgan fingerprint density at radius 3 is 1.29 bits per heavy atom. The maximum absolute atomic E-state index is 12.7. The van der Waals surface area contributed by atoms with Crippen molar-refractivity contribution in [3.05, 3.63) is 0 Å². The number of carbonyl (C=O) groups excluding carboxylic acids is 4. The van der Waals surface area contributed by atoms with E-state index in [0.29, 0.717) is 12.8 Å². The van der Waals surface area contributed by atoms with Crippen molar-refractivity contribution in [2.75, 3.05) is 26.2 Å². The van der Waals surface area contributed by atoms with E-state index in [0.717, 1.165) is 51.4 Å². The van der Waals surface area contributed by atoms with Gasteiger partial charge in [-0.15, -0.1) is 0 Å². The van der Waals surface area contributed by atoms with Gasteiger partial charge in [-0.05, 0) is 12.8 Å². The van der Waals surface area contributed by atoms with Crippen molar-refractivity contribution in [1.29, 1.82) is 0 Å². The third-order valence-corrected chi connectivity index (χ3v) is 5.16. The Morgan fingerprint density at radius 2 is 0.971 bits per heavy atom. The van der Waals surface area contributed by atoms with Gasteiger partial charge in [-0.1, -0.05) is 65.2 Å². The van der Waals surface area contributed by atoms with Crippen LogP contribution in [0.2, 0.25) is 0 Å². The molecule has 198 valence electrons. The summed E-state index contributed by atoms with van der Waals surface area (Å²) in [7, 11) is 0. The molecule has 0 aromatic carbocycles. The molecule has 2 atom stereocenters. The minimum Gasteiger partial charge on any atom is -0.448 e. The van der Waals surface area contributed by atoms with E-state index in [1.807, 2.05) is 0 Å². The van der Waals surface area contributed by atoms with Crippen LogP contribution in [-0.2, 0) is 28.7 Å². The van der Waals surface area contributed by atoms with Crippen LogP contribution in [0, 0.1) is 0 Å². The van der Waals surface area contributed by atoms with Crippen LogP contribution in [0.5, 0.6) is 0 Å². The lowest BCUT2D eigenvalue weighted by molar-refractivity contribution is -0.176.